The van der Waals surface area contributed by atoms with Gasteiger partial charge in [0.05, 0.1) is 10.8 Å². The van der Waals surface area contributed by atoms with E-state index in [0.29, 0.717) is 64.8 Å². The summed E-state index contributed by atoms with van der Waals surface area (Å²) >= 11 is 0. The van der Waals surface area contributed by atoms with Crippen molar-refractivity contribution in [2.45, 2.75) is 55.3 Å². The fraction of sp³-hybridized carbons (Fsp3) is 0.720. The number of sulfonamides is 1. The molecule has 4 heterocycles. The second-order valence-electron chi connectivity index (χ2n) is 10.9. The average molecular weight is 545 g/mol. The molecule has 4 saturated heterocycles. The maximum Gasteiger partial charge on any atom is 0.406 e. The van der Waals surface area contributed by atoms with E-state index in [2.05, 4.69) is 5.43 Å². The first-order chi connectivity index (χ1) is 17.6. The van der Waals surface area contributed by atoms with Crippen LogP contribution in [0.5, 0.6) is 0 Å². The van der Waals surface area contributed by atoms with Crippen molar-refractivity contribution in [3.8, 4) is 0 Å². The van der Waals surface area contributed by atoms with E-state index >= 15 is 0 Å². The van der Waals surface area contributed by atoms with Gasteiger partial charge >= 0.3 is 6.18 Å². The van der Waals surface area contributed by atoms with Gasteiger partial charge in [-0.1, -0.05) is 18.2 Å². The molecule has 4 aliphatic rings. The number of likely N-dealkylation sites (tertiary alicyclic amines) is 1. The number of fused-ring (bicyclic) bond motifs is 1. The number of aliphatic hydroxyl groups is 1. The minimum Gasteiger partial charge on any atom is -0.396 e. The van der Waals surface area contributed by atoms with Crippen molar-refractivity contribution in [1.29, 1.82) is 0 Å². The third kappa shape index (κ3) is 5.27. The summed E-state index contributed by atoms with van der Waals surface area (Å²) in [5.41, 5.74) is 2.61. The van der Waals surface area contributed by atoms with E-state index in [-0.39, 0.29) is 29.3 Å². The van der Waals surface area contributed by atoms with Crippen LogP contribution in [-0.4, -0.2) is 91.2 Å². The molecule has 5 atom stereocenters. The summed E-state index contributed by atoms with van der Waals surface area (Å²) in [7, 11) is -3.57. The van der Waals surface area contributed by atoms with E-state index in [1.807, 2.05) is 0 Å². The molecule has 1 aromatic rings. The molecule has 0 bridgehead atoms. The number of nitrogens with zero attached hydrogens (tertiary/aromatic N) is 3. The summed E-state index contributed by atoms with van der Waals surface area (Å²) in [6.07, 6.45) is -1.46. The van der Waals surface area contributed by atoms with E-state index in [4.69, 9.17) is 0 Å². The third-order valence-electron chi connectivity index (χ3n) is 8.80. The van der Waals surface area contributed by atoms with Crippen molar-refractivity contribution in [3.63, 3.8) is 0 Å². The van der Waals surface area contributed by atoms with Gasteiger partial charge in [-0.15, -0.1) is 0 Å². The van der Waals surface area contributed by atoms with E-state index in [0.717, 1.165) is 0 Å². The molecular weight excluding hydrogens is 509 g/mol. The molecule has 1 aromatic carbocycles. The molecule has 4 fully saturated rings. The highest BCUT2D eigenvalue weighted by molar-refractivity contribution is 7.89. The Morgan fingerprint density at radius 3 is 2.30 bits per heavy atom. The zero-order valence-corrected chi connectivity index (χ0v) is 21.5. The number of hydrogen-bond acceptors (Lipinski definition) is 6. The lowest BCUT2D eigenvalue weighted by Gasteiger charge is -2.42. The number of amides is 1. The standard InChI is InChI=1S/C25H35F3N4O4S/c26-25(27,28)23-22(24(34)30-10-6-17(15-30)16-33)21-14-19(9-13-32(21)29-23)18-7-11-31(12-8-18)37(35,36)20-4-2-1-3-5-20/h1-5,17-19,21-23,29,33H,6-16H2. The Morgan fingerprint density at radius 1 is 1.00 bits per heavy atom. The van der Waals surface area contributed by atoms with Gasteiger partial charge in [-0.3, -0.25) is 4.79 Å². The van der Waals surface area contributed by atoms with Gasteiger partial charge in [0.1, 0.15) is 6.04 Å². The molecule has 0 radical (unpaired) electrons. The Kier molecular flexibility index (Phi) is 7.58. The quantitative estimate of drug-likeness (QED) is 0.590. The molecule has 5 unspecified atom stereocenters. The molecule has 4 aliphatic heterocycles. The van der Waals surface area contributed by atoms with E-state index in [9.17, 15) is 31.5 Å². The highest BCUT2D eigenvalue weighted by atomic mass is 32.2. The van der Waals surface area contributed by atoms with Crippen LogP contribution >= 0.6 is 0 Å². The molecule has 8 nitrogen and oxygen atoms in total. The SMILES string of the molecule is O=C(C1C2CC(C3CCN(S(=O)(=O)c4ccccc4)CC3)CCN2NC1C(F)(F)F)N1CCC(CO)C1. The van der Waals surface area contributed by atoms with Gasteiger partial charge in [0.2, 0.25) is 15.9 Å². The second kappa shape index (κ2) is 10.4. The van der Waals surface area contributed by atoms with Gasteiger partial charge in [-0.05, 0) is 56.1 Å². The molecule has 0 aliphatic carbocycles. The summed E-state index contributed by atoms with van der Waals surface area (Å²) in [5.74, 6) is -1.46. The summed E-state index contributed by atoms with van der Waals surface area (Å²) in [5, 5.41) is 11.0. The van der Waals surface area contributed by atoms with Crippen LogP contribution in [0.1, 0.15) is 32.1 Å². The summed E-state index contributed by atoms with van der Waals surface area (Å²) in [4.78, 5) is 15.2. The van der Waals surface area contributed by atoms with Gasteiger partial charge in [0.15, 0.2) is 0 Å². The number of carbonyl (C=O) groups is 1. The van der Waals surface area contributed by atoms with Crippen LogP contribution in [0.15, 0.2) is 35.2 Å². The average Bonchev–Trinajstić information content (AvgIpc) is 3.54. The van der Waals surface area contributed by atoms with Gasteiger partial charge < -0.3 is 10.0 Å². The predicted molar refractivity (Wildman–Crippen MR) is 129 cm³/mol. The number of rotatable bonds is 5. The third-order valence-corrected chi connectivity index (χ3v) is 10.7. The molecule has 0 aromatic heterocycles. The number of halogens is 3. The Balaban J connectivity index is 1.27. The van der Waals surface area contributed by atoms with Gasteiger partial charge in [-0.2, -0.15) is 17.5 Å². The lowest BCUT2D eigenvalue weighted by Crippen LogP contribution is -2.50. The van der Waals surface area contributed by atoms with Crippen LogP contribution in [0.3, 0.4) is 0 Å². The summed E-state index contributed by atoms with van der Waals surface area (Å²) in [6, 6.07) is 5.85. The monoisotopic (exact) mass is 544 g/mol. The number of nitrogens with one attached hydrogen (secondary N) is 1. The molecule has 12 heteroatoms. The van der Waals surface area contributed by atoms with Crippen LogP contribution in [-0.2, 0) is 14.8 Å². The normalized spacial score (nSPS) is 32.5. The van der Waals surface area contributed by atoms with Crippen molar-refractivity contribution in [3.05, 3.63) is 30.3 Å². The highest BCUT2D eigenvalue weighted by Crippen LogP contribution is 2.44. The van der Waals surface area contributed by atoms with Gasteiger partial charge in [-0.25, -0.2) is 18.9 Å². The lowest BCUT2D eigenvalue weighted by molar-refractivity contribution is -0.172. The molecule has 0 spiro atoms. The fourth-order valence-corrected chi connectivity index (χ4v) is 8.23. The maximum absolute atomic E-state index is 14.0. The molecule has 5 rings (SSSR count). The van der Waals surface area contributed by atoms with E-state index in [1.54, 1.807) is 35.3 Å². The molecule has 2 N–H and O–H groups in total. The van der Waals surface area contributed by atoms with Crippen molar-refractivity contribution in [2.24, 2.45) is 23.7 Å². The number of piperidine rings is 2. The highest BCUT2D eigenvalue weighted by Gasteiger charge is 2.59. The topological polar surface area (TPSA) is 93.2 Å². The number of benzene rings is 1. The second-order valence-corrected chi connectivity index (χ2v) is 12.8. The Labute approximate surface area is 215 Å². The van der Waals surface area contributed by atoms with Crippen LogP contribution in [0.4, 0.5) is 13.2 Å². The molecule has 37 heavy (non-hydrogen) atoms. The van der Waals surface area contributed by atoms with Crippen molar-refractivity contribution < 1.29 is 31.5 Å². The number of hydrogen-bond donors (Lipinski definition) is 2. The largest absolute Gasteiger partial charge is 0.406 e. The zero-order valence-electron chi connectivity index (χ0n) is 20.7. The van der Waals surface area contributed by atoms with Crippen LogP contribution in [0.2, 0.25) is 0 Å². The first-order valence-corrected chi connectivity index (χ1v) is 14.6. The molecular formula is C25H35F3N4O4S. The minimum atomic E-state index is -4.56. The first-order valence-electron chi connectivity index (χ1n) is 13.1. The van der Waals surface area contributed by atoms with Crippen molar-refractivity contribution in [2.75, 3.05) is 39.3 Å². The minimum absolute atomic E-state index is 0.0777. The maximum atomic E-state index is 14.0. The van der Waals surface area contributed by atoms with Crippen LogP contribution in [0, 0.1) is 23.7 Å². The number of carbonyl (C=O) groups excluding carboxylic acids is 1. The Bertz CT molecular complexity index is 1070. The Hall–Kier alpha value is -1.73. The molecule has 206 valence electrons. The van der Waals surface area contributed by atoms with Crippen molar-refractivity contribution in [1.82, 2.24) is 19.6 Å². The predicted octanol–water partition coefficient (Wildman–Crippen LogP) is 2.07. The Morgan fingerprint density at radius 2 is 1.68 bits per heavy atom. The zero-order chi connectivity index (χ0) is 26.4. The molecule has 0 saturated carbocycles. The van der Waals surface area contributed by atoms with E-state index < -0.39 is 40.1 Å². The fourth-order valence-electron chi connectivity index (χ4n) is 6.74. The number of aliphatic hydroxyl groups excluding tert-OH is 1. The summed E-state index contributed by atoms with van der Waals surface area (Å²) < 4.78 is 69.5. The van der Waals surface area contributed by atoms with Crippen LogP contribution in [0.25, 0.3) is 0 Å². The van der Waals surface area contributed by atoms with Crippen LogP contribution < -0.4 is 5.43 Å². The number of hydrazine groups is 1. The molecule has 1 amide bonds. The number of alkyl halides is 3. The van der Waals surface area contributed by atoms with Crippen molar-refractivity contribution >= 4 is 15.9 Å². The van der Waals surface area contributed by atoms with Gasteiger partial charge in [0, 0.05) is 51.3 Å². The van der Waals surface area contributed by atoms with Gasteiger partial charge in [0.25, 0.3) is 0 Å². The smallest absolute Gasteiger partial charge is 0.396 e. The van der Waals surface area contributed by atoms with E-state index in [1.165, 1.54) is 9.21 Å². The summed E-state index contributed by atoms with van der Waals surface area (Å²) in [6.45, 7) is 1.78. The lowest BCUT2D eigenvalue weighted by atomic mass is 9.74. The first kappa shape index (κ1) is 26.9.